The highest BCUT2D eigenvalue weighted by molar-refractivity contribution is 5.81. The number of benzene rings is 2. The van der Waals surface area contributed by atoms with Gasteiger partial charge >= 0.3 is 0 Å². The maximum absolute atomic E-state index is 12.9. The van der Waals surface area contributed by atoms with E-state index in [0.29, 0.717) is 24.5 Å². The lowest BCUT2D eigenvalue weighted by atomic mass is 10.2. The summed E-state index contributed by atoms with van der Waals surface area (Å²) in [4.78, 5) is 12.2. The van der Waals surface area contributed by atoms with Crippen molar-refractivity contribution in [3.8, 4) is 11.5 Å². The van der Waals surface area contributed by atoms with Crippen LogP contribution in [0.25, 0.3) is 0 Å². The number of methoxy groups -OCH3 is 1. The van der Waals surface area contributed by atoms with Gasteiger partial charge in [-0.15, -0.1) is 0 Å². The third-order valence-electron chi connectivity index (χ3n) is 3.36. The molecule has 1 atom stereocenters. The molecule has 0 radical (unpaired) electrons. The molecular formula is C18H20FNO3. The van der Waals surface area contributed by atoms with Gasteiger partial charge in [0, 0.05) is 12.6 Å². The van der Waals surface area contributed by atoms with Gasteiger partial charge in [-0.2, -0.15) is 0 Å². The molecule has 0 aromatic heterocycles. The topological polar surface area (TPSA) is 47.6 Å². The summed E-state index contributed by atoms with van der Waals surface area (Å²) in [5.74, 6) is 0.740. The monoisotopic (exact) mass is 317 g/mol. The maximum Gasteiger partial charge on any atom is 0.261 e. The Balaban J connectivity index is 1.93. The molecule has 2 rings (SSSR count). The Morgan fingerprint density at radius 3 is 2.52 bits per heavy atom. The molecule has 0 aliphatic rings. The number of carbonyl (C=O) groups excluding carboxylic acids is 1. The van der Waals surface area contributed by atoms with Crippen LogP contribution in [0.15, 0.2) is 48.5 Å². The van der Waals surface area contributed by atoms with Gasteiger partial charge in [-0.25, -0.2) is 4.39 Å². The van der Waals surface area contributed by atoms with Crippen LogP contribution in [0.3, 0.4) is 0 Å². The third kappa shape index (κ3) is 4.98. The SMILES string of the molecule is CC[C@@H](Oc1cccc(OC)c1)C(=O)NCc1ccc(F)cc1. The summed E-state index contributed by atoms with van der Waals surface area (Å²) in [5.41, 5.74) is 0.830. The maximum atomic E-state index is 12.9. The van der Waals surface area contributed by atoms with Crippen molar-refractivity contribution in [3.63, 3.8) is 0 Å². The van der Waals surface area contributed by atoms with Gasteiger partial charge in [0.05, 0.1) is 7.11 Å². The van der Waals surface area contributed by atoms with E-state index >= 15 is 0 Å². The largest absolute Gasteiger partial charge is 0.497 e. The lowest BCUT2D eigenvalue weighted by Gasteiger charge is -2.17. The minimum absolute atomic E-state index is 0.209. The molecule has 122 valence electrons. The summed E-state index contributed by atoms with van der Waals surface area (Å²) in [7, 11) is 1.58. The molecule has 0 aliphatic carbocycles. The van der Waals surface area contributed by atoms with Crippen molar-refractivity contribution in [3.05, 3.63) is 59.9 Å². The number of rotatable bonds is 7. The molecule has 5 heteroatoms. The molecule has 0 bridgehead atoms. The van der Waals surface area contributed by atoms with Crippen LogP contribution in [0.1, 0.15) is 18.9 Å². The van der Waals surface area contributed by atoms with E-state index in [1.807, 2.05) is 13.0 Å². The van der Waals surface area contributed by atoms with Gasteiger partial charge < -0.3 is 14.8 Å². The zero-order valence-corrected chi connectivity index (χ0v) is 13.2. The molecule has 0 heterocycles. The van der Waals surface area contributed by atoms with Crippen molar-refractivity contribution in [2.45, 2.75) is 26.0 Å². The number of halogens is 1. The van der Waals surface area contributed by atoms with Gasteiger partial charge in [0.25, 0.3) is 5.91 Å². The van der Waals surface area contributed by atoms with Gasteiger partial charge in [-0.1, -0.05) is 25.1 Å². The van der Waals surface area contributed by atoms with Crippen LogP contribution < -0.4 is 14.8 Å². The molecule has 0 spiro atoms. The van der Waals surface area contributed by atoms with E-state index in [-0.39, 0.29) is 11.7 Å². The van der Waals surface area contributed by atoms with E-state index in [2.05, 4.69) is 5.32 Å². The van der Waals surface area contributed by atoms with Crippen molar-refractivity contribution < 1.29 is 18.7 Å². The highest BCUT2D eigenvalue weighted by atomic mass is 19.1. The Kier molecular flexibility index (Phi) is 5.97. The lowest BCUT2D eigenvalue weighted by molar-refractivity contribution is -0.128. The highest BCUT2D eigenvalue weighted by Gasteiger charge is 2.18. The quantitative estimate of drug-likeness (QED) is 0.852. The summed E-state index contributed by atoms with van der Waals surface area (Å²) in [5, 5.41) is 2.80. The molecule has 0 fully saturated rings. The van der Waals surface area contributed by atoms with Crippen molar-refractivity contribution in [1.29, 1.82) is 0 Å². The predicted octanol–water partition coefficient (Wildman–Crippen LogP) is 3.31. The van der Waals surface area contributed by atoms with E-state index < -0.39 is 6.10 Å². The Bertz CT molecular complexity index is 643. The second kappa shape index (κ2) is 8.17. The summed E-state index contributed by atoms with van der Waals surface area (Å²) in [6, 6.07) is 13.1. The van der Waals surface area contributed by atoms with Crippen LogP contribution in [0.2, 0.25) is 0 Å². The summed E-state index contributed by atoms with van der Waals surface area (Å²) >= 11 is 0. The highest BCUT2D eigenvalue weighted by Crippen LogP contribution is 2.20. The summed E-state index contributed by atoms with van der Waals surface area (Å²) in [6.45, 7) is 2.21. The molecular weight excluding hydrogens is 297 g/mol. The minimum atomic E-state index is -0.595. The van der Waals surface area contributed by atoms with Crippen LogP contribution >= 0.6 is 0 Å². The first-order valence-corrected chi connectivity index (χ1v) is 7.45. The second-order valence-corrected chi connectivity index (χ2v) is 5.04. The Hall–Kier alpha value is -2.56. The lowest BCUT2D eigenvalue weighted by Crippen LogP contribution is -2.37. The normalized spacial score (nSPS) is 11.6. The zero-order valence-electron chi connectivity index (χ0n) is 13.2. The fourth-order valence-electron chi connectivity index (χ4n) is 2.07. The van der Waals surface area contributed by atoms with E-state index in [4.69, 9.17) is 9.47 Å². The number of carbonyl (C=O) groups is 1. The number of hydrogen-bond donors (Lipinski definition) is 1. The summed E-state index contributed by atoms with van der Waals surface area (Å²) in [6.07, 6.45) is -0.0607. The molecule has 0 unspecified atom stereocenters. The Morgan fingerprint density at radius 2 is 1.87 bits per heavy atom. The molecule has 2 aromatic carbocycles. The van der Waals surface area contributed by atoms with Gasteiger partial charge in [0.2, 0.25) is 0 Å². The van der Waals surface area contributed by atoms with Gasteiger partial charge in [-0.3, -0.25) is 4.79 Å². The van der Waals surface area contributed by atoms with Gasteiger partial charge in [0.1, 0.15) is 17.3 Å². The van der Waals surface area contributed by atoms with Crippen LogP contribution in [0, 0.1) is 5.82 Å². The van der Waals surface area contributed by atoms with E-state index in [1.165, 1.54) is 12.1 Å². The molecule has 4 nitrogen and oxygen atoms in total. The fraction of sp³-hybridized carbons (Fsp3) is 0.278. The zero-order chi connectivity index (χ0) is 16.7. The predicted molar refractivity (Wildman–Crippen MR) is 85.9 cm³/mol. The van der Waals surface area contributed by atoms with Crippen LogP contribution in [0.4, 0.5) is 4.39 Å². The number of hydrogen-bond acceptors (Lipinski definition) is 3. The third-order valence-corrected chi connectivity index (χ3v) is 3.36. The van der Waals surface area contributed by atoms with Gasteiger partial charge in [-0.05, 0) is 36.2 Å². The van der Waals surface area contributed by atoms with Crippen LogP contribution in [-0.2, 0) is 11.3 Å². The molecule has 0 saturated heterocycles. The molecule has 1 N–H and O–H groups in total. The first-order chi connectivity index (χ1) is 11.1. The van der Waals surface area contributed by atoms with Crippen molar-refractivity contribution >= 4 is 5.91 Å². The average Bonchev–Trinajstić information content (AvgIpc) is 2.59. The molecule has 0 aliphatic heterocycles. The standard InChI is InChI=1S/C18H20FNO3/c1-3-17(23-16-6-4-5-15(11-16)22-2)18(21)20-12-13-7-9-14(19)10-8-13/h4-11,17H,3,12H2,1-2H3,(H,20,21)/t17-/m1/s1. The van der Waals surface area contributed by atoms with Crippen molar-refractivity contribution in [2.24, 2.45) is 0 Å². The first kappa shape index (κ1) is 16.8. The fourth-order valence-corrected chi connectivity index (χ4v) is 2.07. The van der Waals surface area contributed by atoms with Gasteiger partial charge in [0.15, 0.2) is 6.10 Å². The number of amides is 1. The Morgan fingerprint density at radius 1 is 1.17 bits per heavy atom. The molecule has 2 aromatic rings. The molecule has 1 amide bonds. The number of ether oxygens (including phenoxy) is 2. The first-order valence-electron chi connectivity index (χ1n) is 7.45. The van der Waals surface area contributed by atoms with Crippen LogP contribution in [-0.4, -0.2) is 19.1 Å². The van der Waals surface area contributed by atoms with E-state index in [9.17, 15) is 9.18 Å². The van der Waals surface area contributed by atoms with E-state index in [0.717, 1.165) is 5.56 Å². The van der Waals surface area contributed by atoms with E-state index in [1.54, 1.807) is 37.4 Å². The minimum Gasteiger partial charge on any atom is -0.497 e. The number of nitrogens with one attached hydrogen (secondary N) is 1. The van der Waals surface area contributed by atoms with Crippen molar-refractivity contribution in [2.75, 3.05) is 7.11 Å². The Labute approximate surface area is 135 Å². The summed E-state index contributed by atoms with van der Waals surface area (Å²) < 4.78 is 23.7. The van der Waals surface area contributed by atoms with Crippen molar-refractivity contribution in [1.82, 2.24) is 5.32 Å². The smallest absolute Gasteiger partial charge is 0.261 e. The average molecular weight is 317 g/mol. The molecule has 23 heavy (non-hydrogen) atoms. The molecule has 0 saturated carbocycles. The second-order valence-electron chi connectivity index (χ2n) is 5.04. The van der Waals surface area contributed by atoms with Crippen LogP contribution in [0.5, 0.6) is 11.5 Å².